The Morgan fingerprint density at radius 2 is 1.71 bits per heavy atom. The summed E-state index contributed by atoms with van der Waals surface area (Å²) in [5.74, 6) is -1.47. The molecule has 17 nitrogen and oxygen atoms in total. The quantitative estimate of drug-likeness (QED) is 0.183. The lowest BCUT2D eigenvalue weighted by molar-refractivity contribution is -0.142. The highest BCUT2D eigenvalue weighted by molar-refractivity contribution is 7.91. The maximum atomic E-state index is 15.1. The monoisotopic (exact) mass is 980 g/mol. The normalized spacial score (nSPS) is 31.1. The van der Waals surface area contributed by atoms with Gasteiger partial charge in [-0.1, -0.05) is 50.3 Å². The van der Waals surface area contributed by atoms with Gasteiger partial charge in [-0.15, -0.1) is 6.58 Å². The van der Waals surface area contributed by atoms with Gasteiger partial charge in [-0.2, -0.15) is 0 Å². The SMILES string of the molecule is C=C[C@@H]1C[C@]1(NC(=O)[C@@H]1C[C@@H]2CN1C(=O)[C@H](C1CCCCC1)NC(=O)O[C@@H]1C[C@H]1CCCCCc1c(nc3ccccc3c1OCCCN1CCC(S(C)(=O)=O)C1)O2)C(=O)NS(=O)(=O)C1(C)CC1. The molecule has 2 aromatic rings. The number of para-hydroxylation sites is 1. The van der Waals surface area contributed by atoms with Crippen LogP contribution < -0.4 is 24.8 Å². The smallest absolute Gasteiger partial charge is 0.408 e. The molecule has 0 spiro atoms. The fourth-order valence-corrected chi connectivity index (χ4v) is 13.4. The van der Waals surface area contributed by atoms with Crippen molar-refractivity contribution in [3.8, 4) is 11.6 Å². The lowest BCUT2D eigenvalue weighted by atomic mass is 9.83. The second kappa shape index (κ2) is 19.4. The van der Waals surface area contributed by atoms with Crippen molar-refractivity contribution in [3.63, 3.8) is 0 Å². The van der Waals surface area contributed by atoms with Gasteiger partial charge in [0.1, 0.15) is 35.6 Å². The third kappa shape index (κ3) is 10.4. The summed E-state index contributed by atoms with van der Waals surface area (Å²) in [5.41, 5.74) is -0.167. The van der Waals surface area contributed by atoms with Crippen molar-refractivity contribution in [3.05, 3.63) is 42.5 Å². The van der Waals surface area contributed by atoms with Gasteiger partial charge in [-0.25, -0.2) is 26.6 Å². The fourth-order valence-electron chi connectivity index (χ4n) is 11.0. The number of rotatable bonds is 13. The standard InChI is InChI=1S/C49H68N6O11S2/c1-4-33-28-49(33,46(58)53-68(62,63)48(2)21-22-48)52-43(56)39-27-34-29-55(39)45(57)41(31-14-7-5-8-15-31)51-47(59)66-40-26-32(40)16-9-6-10-18-37-42(36-17-11-12-19-38(36)50-44(37)65-34)64-25-13-23-54-24-20-35(30-54)67(3,60)61/h4,11-12,17,19,31-35,39-41H,1,5-10,13-16,18,20-30H2,2-3H3,(H,51,59)(H,52,56)(H,53,58)/t32-,33-,34-,35?,39+,40-,41+,49-/m1/s1. The Bertz CT molecular complexity index is 2510. The van der Waals surface area contributed by atoms with E-state index in [2.05, 4.69) is 26.8 Å². The van der Waals surface area contributed by atoms with E-state index >= 15 is 4.79 Å². The molecule has 9 rings (SSSR count). The van der Waals surface area contributed by atoms with E-state index in [-0.39, 0.29) is 42.6 Å². The molecule has 4 amide bonds. The second-order valence-corrected chi connectivity index (χ2v) is 25.4. The molecule has 0 radical (unpaired) electrons. The third-order valence-corrected chi connectivity index (χ3v) is 19.6. The molecule has 8 atom stereocenters. The van der Waals surface area contributed by atoms with Crippen molar-refractivity contribution in [2.24, 2.45) is 17.8 Å². The summed E-state index contributed by atoms with van der Waals surface area (Å²) in [6.45, 7) is 7.67. The van der Waals surface area contributed by atoms with Crippen LogP contribution in [0.25, 0.3) is 10.9 Å². The number of ether oxygens (including phenoxy) is 3. The number of nitrogens with one attached hydrogen (secondary N) is 3. The van der Waals surface area contributed by atoms with Gasteiger partial charge in [0.2, 0.25) is 27.7 Å². The van der Waals surface area contributed by atoms with Crippen molar-refractivity contribution >= 4 is 54.6 Å². The van der Waals surface area contributed by atoms with E-state index in [9.17, 15) is 31.2 Å². The fraction of sp³-hybridized carbons (Fsp3) is 0.694. The maximum Gasteiger partial charge on any atom is 0.408 e. The van der Waals surface area contributed by atoms with Gasteiger partial charge < -0.3 is 34.6 Å². The molecular formula is C49H68N6O11S2. The molecule has 3 N–H and O–H groups in total. The predicted octanol–water partition coefficient (Wildman–Crippen LogP) is 4.71. The van der Waals surface area contributed by atoms with Gasteiger partial charge in [-0.05, 0) is 108 Å². The number of carbonyl (C=O) groups is 4. The summed E-state index contributed by atoms with van der Waals surface area (Å²) in [7, 11) is -7.15. The molecule has 19 heteroatoms. The van der Waals surface area contributed by atoms with Crippen LogP contribution in [0.3, 0.4) is 0 Å². The first kappa shape index (κ1) is 48.5. The molecule has 4 heterocycles. The number of fused-ring (bicyclic) bond motifs is 5. The molecule has 1 aromatic heterocycles. The Hall–Kier alpha value is -4.49. The van der Waals surface area contributed by atoms with Crippen LogP contribution in [0.5, 0.6) is 11.6 Å². The summed E-state index contributed by atoms with van der Waals surface area (Å²) in [6.07, 6.45) is 12.5. The van der Waals surface area contributed by atoms with Gasteiger partial charge in [-0.3, -0.25) is 19.1 Å². The number of sulfone groups is 1. The summed E-state index contributed by atoms with van der Waals surface area (Å²) < 4.78 is 71.6. The van der Waals surface area contributed by atoms with E-state index in [1.54, 1.807) is 6.92 Å². The Kier molecular flexibility index (Phi) is 13.8. The average molecular weight is 981 g/mol. The lowest BCUT2D eigenvalue weighted by Crippen LogP contribution is -2.59. The van der Waals surface area contributed by atoms with Gasteiger partial charge in [0.15, 0.2) is 9.84 Å². The van der Waals surface area contributed by atoms with E-state index in [4.69, 9.17) is 19.2 Å². The van der Waals surface area contributed by atoms with E-state index in [1.807, 2.05) is 24.3 Å². The average Bonchev–Trinajstić information content (AvgIpc) is 4.26. The molecule has 1 unspecified atom stereocenters. The zero-order valence-corrected chi connectivity index (χ0v) is 41.1. The summed E-state index contributed by atoms with van der Waals surface area (Å²) in [4.78, 5) is 66.2. The number of benzene rings is 1. The summed E-state index contributed by atoms with van der Waals surface area (Å²) >= 11 is 0. The van der Waals surface area contributed by atoms with Gasteiger partial charge >= 0.3 is 6.09 Å². The second-order valence-electron chi connectivity index (χ2n) is 20.9. The van der Waals surface area contributed by atoms with Crippen LogP contribution in [0, 0.1) is 17.8 Å². The highest BCUT2D eigenvalue weighted by Crippen LogP contribution is 2.48. The van der Waals surface area contributed by atoms with Gasteiger partial charge in [0, 0.05) is 37.1 Å². The Balaban J connectivity index is 1.02. The molecule has 1 aromatic carbocycles. The van der Waals surface area contributed by atoms with Crippen LogP contribution >= 0.6 is 0 Å². The van der Waals surface area contributed by atoms with Crippen LogP contribution in [-0.4, -0.2) is 134 Å². The van der Waals surface area contributed by atoms with Crippen molar-refractivity contribution < 1.29 is 50.2 Å². The first-order chi connectivity index (χ1) is 32.5. The zero-order valence-electron chi connectivity index (χ0n) is 39.4. The van der Waals surface area contributed by atoms with E-state index in [0.717, 1.165) is 62.3 Å². The number of pyridine rings is 1. The highest BCUT2D eigenvalue weighted by Gasteiger charge is 2.63. The number of hydrogen-bond donors (Lipinski definition) is 3. The Morgan fingerprint density at radius 3 is 2.41 bits per heavy atom. The lowest BCUT2D eigenvalue weighted by Gasteiger charge is -2.34. The zero-order chi connectivity index (χ0) is 48.0. The minimum Gasteiger partial charge on any atom is -0.492 e. The molecule has 4 aliphatic carbocycles. The molecule has 3 aliphatic heterocycles. The third-order valence-electron chi connectivity index (χ3n) is 15.9. The van der Waals surface area contributed by atoms with E-state index in [1.165, 1.54) is 17.2 Å². The summed E-state index contributed by atoms with van der Waals surface area (Å²) in [5, 5.41) is 6.30. The molecule has 2 bridgehead atoms. The minimum absolute atomic E-state index is 0.0183. The number of likely N-dealkylation sites (tertiary alicyclic amines) is 1. The molecule has 6 fully saturated rings. The highest BCUT2D eigenvalue weighted by atomic mass is 32.2. The molecule has 4 saturated carbocycles. The van der Waals surface area contributed by atoms with Crippen molar-refractivity contribution in [2.45, 2.75) is 156 Å². The Labute approximate surface area is 400 Å². The number of nitrogens with zero attached hydrogens (tertiary/aromatic N) is 3. The number of sulfonamides is 1. The van der Waals surface area contributed by atoms with Crippen LogP contribution in [0.4, 0.5) is 4.79 Å². The number of amides is 4. The van der Waals surface area contributed by atoms with Crippen LogP contribution in [0.1, 0.15) is 115 Å². The maximum absolute atomic E-state index is 15.1. The molecule has 2 saturated heterocycles. The number of aromatic nitrogens is 1. The minimum atomic E-state index is -4.03. The van der Waals surface area contributed by atoms with Gasteiger partial charge in [0.05, 0.1) is 34.2 Å². The topological polar surface area (TPSA) is 220 Å². The first-order valence-corrected chi connectivity index (χ1v) is 28.3. The van der Waals surface area contributed by atoms with Gasteiger partial charge in [0.25, 0.3) is 5.91 Å². The Morgan fingerprint density at radius 1 is 0.971 bits per heavy atom. The molecule has 7 aliphatic rings. The summed E-state index contributed by atoms with van der Waals surface area (Å²) in [6, 6.07) is 5.54. The van der Waals surface area contributed by atoms with Crippen LogP contribution in [-0.2, 0) is 45.4 Å². The van der Waals surface area contributed by atoms with Crippen LogP contribution in [0.2, 0.25) is 0 Å². The van der Waals surface area contributed by atoms with Crippen molar-refractivity contribution in [2.75, 3.05) is 39.0 Å². The molecule has 68 heavy (non-hydrogen) atoms. The number of alkyl carbamates (subject to hydrolysis) is 1. The van der Waals surface area contributed by atoms with Crippen molar-refractivity contribution in [1.82, 2.24) is 30.1 Å². The first-order valence-electron chi connectivity index (χ1n) is 24.9. The van der Waals surface area contributed by atoms with Crippen molar-refractivity contribution in [1.29, 1.82) is 0 Å². The largest absolute Gasteiger partial charge is 0.492 e. The molecular weight excluding hydrogens is 913 g/mol. The predicted molar refractivity (Wildman–Crippen MR) is 254 cm³/mol. The van der Waals surface area contributed by atoms with E-state index < -0.39 is 78.1 Å². The number of carbonyl (C=O) groups excluding carboxylic acids is 4. The number of hydrogen-bond acceptors (Lipinski definition) is 13. The van der Waals surface area contributed by atoms with E-state index in [0.29, 0.717) is 88.3 Å². The van der Waals surface area contributed by atoms with Crippen LogP contribution in [0.15, 0.2) is 36.9 Å². The molecule has 372 valence electrons.